The first kappa shape index (κ1) is 15.8. The predicted molar refractivity (Wildman–Crippen MR) is 95.0 cm³/mol. The average molecular weight is 345 g/mol. The summed E-state index contributed by atoms with van der Waals surface area (Å²) in [6, 6.07) is 6.81. The lowest BCUT2D eigenvalue weighted by atomic mass is 10.2. The number of aromatic nitrogens is 1. The van der Waals surface area contributed by atoms with E-state index in [4.69, 9.17) is 0 Å². The molecule has 1 aliphatic heterocycles. The highest BCUT2D eigenvalue weighted by Crippen LogP contribution is 2.34. The summed E-state index contributed by atoms with van der Waals surface area (Å²) < 4.78 is 0. The number of aromatic hydroxyl groups is 1. The number of hydrogen-bond donors (Lipinski definition) is 1. The molecule has 1 N–H and O–H groups in total. The smallest absolute Gasteiger partial charge is 0.266 e. The normalized spacial score (nSPS) is 18.3. The highest BCUT2D eigenvalue weighted by Gasteiger charge is 2.32. The number of aryl methyl sites for hydroxylation is 1. The SMILES string of the molecule is CCN1C(=O)/C(=C/c2cccc(O)c2)S/C1=N/c1nc(C)cs1. The van der Waals surface area contributed by atoms with E-state index in [1.54, 1.807) is 29.2 Å². The standard InChI is InChI=1S/C16H15N3O2S2/c1-3-19-14(21)13(8-11-5-4-6-12(20)7-11)23-16(19)18-15-17-10(2)9-22-15/h4-9,20H,3H2,1-2H3/b13-8-,18-16+. The maximum absolute atomic E-state index is 12.5. The molecule has 1 aromatic carbocycles. The number of amides is 1. The highest BCUT2D eigenvalue weighted by atomic mass is 32.2. The van der Waals surface area contributed by atoms with E-state index in [1.165, 1.54) is 23.1 Å². The number of benzene rings is 1. The molecule has 0 unspecified atom stereocenters. The van der Waals surface area contributed by atoms with Gasteiger partial charge in [0.05, 0.1) is 10.6 Å². The Bertz CT molecular complexity index is 811. The number of rotatable bonds is 3. The van der Waals surface area contributed by atoms with Crippen molar-refractivity contribution in [2.75, 3.05) is 6.54 Å². The van der Waals surface area contributed by atoms with Gasteiger partial charge >= 0.3 is 0 Å². The Morgan fingerprint density at radius 2 is 2.26 bits per heavy atom. The van der Waals surface area contributed by atoms with E-state index in [9.17, 15) is 9.90 Å². The Hall–Kier alpha value is -2.12. The molecule has 2 aromatic rings. The molecule has 0 bridgehead atoms. The molecule has 0 spiro atoms. The van der Waals surface area contributed by atoms with E-state index in [1.807, 2.05) is 25.3 Å². The van der Waals surface area contributed by atoms with Crippen LogP contribution in [-0.4, -0.2) is 32.6 Å². The molecule has 7 heteroatoms. The van der Waals surface area contributed by atoms with Crippen LogP contribution in [0.2, 0.25) is 0 Å². The van der Waals surface area contributed by atoms with Crippen LogP contribution in [0.1, 0.15) is 18.2 Å². The Labute approximate surface area is 142 Å². The van der Waals surface area contributed by atoms with E-state index < -0.39 is 0 Å². The van der Waals surface area contributed by atoms with Gasteiger partial charge in [0.25, 0.3) is 5.91 Å². The maximum atomic E-state index is 12.5. The third-order valence-corrected chi connectivity index (χ3v) is 5.03. The summed E-state index contributed by atoms with van der Waals surface area (Å²) in [5.74, 6) is 0.0992. The molecule has 3 rings (SSSR count). The van der Waals surface area contributed by atoms with E-state index in [0.717, 1.165) is 11.3 Å². The minimum Gasteiger partial charge on any atom is -0.508 e. The average Bonchev–Trinajstić information content (AvgIpc) is 3.04. The Kier molecular flexibility index (Phi) is 4.49. The number of phenols is 1. The Morgan fingerprint density at radius 1 is 1.43 bits per heavy atom. The summed E-state index contributed by atoms with van der Waals surface area (Å²) in [6.45, 7) is 4.38. The van der Waals surface area contributed by atoms with Gasteiger partial charge in [0.2, 0.25) is 5.13 Å². The quantitative estimate of drug-likeness (QED) is 0.860. The van der Waals surface area contributed by atoms with Crippen LogP contribution in [0.25, 0.3) is 6.08 Å². The number of carbonyl (C=O) groups excluding carboxylic acids is 1. The van der Waals surface area contributed by atoms with Gasteiger partial charge in [-0.1, -0.05) is 12.1 Å². The van der Waals surface area contributed by atoms with Gasteiger partial charge in [-0.25, -0.2) is 4.98 Å². The molecule has 118 valence electrons. The van der Waals surface area contributed by atoms with E-state index in [0.29, 0.717) is 21.7 Å². The van der Waals surface area contributed by atoms with Crippen molar-refractivity contribution in [2.45, 2.75) is 13.8 Å². The molecule has 0 atom stereocenters. The third kappa shape index (κ3) is 3.46. The van der Waals surface area contributed by atoms with Crippen molar-refractivity contribution in [1.82, 2.24) is 9.88 Å². The first-order valence-electron chi connectivity index (χ1n) is 7.08. The van der Waals surface area contributed by atoms with Crippen LogP contribution in [-0.2, 0) is 4.79 Å². The number of likely N-dealkylation sites (N-methyl/N-ethyl adjacent to an activating group) is 1. The first-order valence-corrected chi connectivity index (χ1v) is 8.77. The molecule has 1 fully saturated rings. The largest absolute Gasteiger partial charge is 0.508 e. The molecule has 1 aliphatic rings. The number of nitrogens with zero attached hydrogens (tertiary/aromatic N) is 3. The van der Waals surface area contributed by atoms with Crippen LogP contribution in [0.5, 0.6) is 5.75 Å². The zero-order valence-corrected chi connectivity index (χ0v) is 14.3. The molecule has 0 aliphatic carbocycles. The van der Waals surface area contributed by atoms with Crippen molar-refractivity contribution in [3.05, 3.63) is 45.8 Å². The number of thiazole rings is 1. The van der Waals surface area contributed by atoms with Crippen molar-refractivity contribution >= 4 is 45.4 Å². The number of thioether (sulfide) groups is 1. The van der Waals surface area contributed by atoms with Gasteiger partial charge in [-0.15, -0.1) is 11.3 Å². The van der Waals surface area contributed by atoms with Crippen LogP contribution in [0.3, 0.4) is 0 Å². The topological polar surface area (TPSA) is 65.8 Å². The molecule has 1 saturated heterocycles. The molecule has 2 heterocycles. The second-order valence-electron chi connectivity index (χ2n) is 4.92. The third-order valence-electron chi connectivity index (χ3n) is 3.17. The van der Waals surface area contributed by atoms with Gasteiger partial charge in [0, 0.05) is 11.9 Å². The number of phenolic OH excluding ortho intramolecular Hbond substituents is 1. The lowest BCUT2D eigenvalue weighted by Crippen LogP contribution is -2.28. The first-order chi connectivity index (χ1) is 11.1. The van der Waals surface area contributed by atoms with Crippen LogP contribution < -0.4 is 0 Å². The van der Waals surface area contributed by atoms with E-state index in [2.05, 4.69) is 9.98 Å². The second kappa shape index (κ2) is 6.55. The molecule has 1 aromatic heterocycles. The fourth-order valence-corrected chi connectivity index (χ4v) is 3.88. The van der Waals surface area contributed by atoms with Crippen molar-refractivity contribution < 1.29 is 9.90 Å². The molecule has 0 radical (unpaired) electrons. The number of hydrogen-bond acceptors (Lipinski definition) is 6. The van der Waals surface area contributed by atoms with Crippen LogP contribution in [0, 0.1) is 6.92 Å². The summed E-state index contributed by atoms with van der Waals surface area (Å²) in [7, 11) is 0. The number of carbonyl (C=O) groups is 1. The van der Waals surface area contributed by atoms with E-state index in [-0.39, 0.29) is 11.7 Å². The van der Waals surface area contributed by atoms with Crippen molar-refractivity contribution in [3.8, 4) is 5.75 Å². The summed E-state index contributed by atoms with van der Waals surface area (Å²) in [5, 5.41) is 12.8. The molecule has 0 saturated carbocycles. The van der Waals surface area contributed by atoms with Crippen LogP contribution in [0.15, 0.2) is 39.5 Å². The summed E-state index contributed by atoms with van der Waals surface area (Å²) in [5.41, 5.74) is 1.70. The van der Waals surface area contributed by atoms with Crippen molar-refractivity contribution in [1.29, 1.82) is 0 Å². The van der Waals surface area contributed by atoms with E-state index >= 15 is 0 Å². The zero-order chi connectivity index (χ0) is 16.4. The lowest BCUT2D eigenvalue weighted by Gasteiger charge is -2.11. The summed E-state index contributed by atoms with van der Waals surface area (Å²) >= 11 is 2.78. The van der Waals surface area contributed by atoms with Gasteiger partial charge in [0.1, 0.15) is 5.75 Å². The fraction of sp³-hybridized carbons (Fsp3) is 0.188. The number of aliphatic imine (C=N–C) groups is 1. The molecule has 23 heavy (non-hydrogen) atoms. The van der Waals surface area contributed by atoms with Crippen LogP contribution in [0.4, 0.5) is 5.13 Å². The second-order valence-corrected chi connectivity index (χ2v) is 6.77. The molecular formula is C16H15N3O2S2. The minimum atomic E-state index is -0.0760. The summed E-state index contributed by atoms with van der Waals surface area (Å²) in [4.78, 5) is 23.5. The van der Waals surface area contributed by atoms with Crippen LogP contribution >= 0.6 is 23.1 Å². The highest BCUT2D eigenvalue weighted by molar-refractivity contribution is 8.18. The summed E-state index contributed by atoms with van der Waals surface area (Å²) in [6.07, 6.45) is 1.77. The number of amidine groups is 1. The molecular weight excluding hydrogens is 330 g/mol. The lowest BCUT2D eigenvalue weighted by molar-refractivity contribution is -0.122. The van der Waals surface area contributed by atoms with Crippen molar-refractivity contribution in [3.63, 3.8) is 0 Å². The molecule has 5 nitrogen and oxygen atoms in total. The zero-order valence-electron chi connectivity index (χ0n) is 12.7. The predicted octanol–water partition coefficient (Wildman–Crippen LogP) is 3.78. The van der Waals surface area contributed by atoms with Gasteiger partial charge in [-0.2, -0.15) is 4.99 Å². The van der Waals surface area contributed by atoms with Crippen molar-refractivity contribution in [2.24, 2.45) is 4.99 Å². The van der Waals surface area contributed by atoms with Gasteiger partial charge in [-0.05, 0) is 49.4 Å². The fourth-order valence-electron chi connectivity index (χ4n) is 2.11. The minimum absolute atomic E-state index is 0.0760. The monoisotopic (exact) mass is 345 g/mol. The van der Waals surface area contributed by atoms with Gasteiger partial charge in [0.15, 0.2) is 5.17 Å². The Morgan fingerprint density at radius 3 is 2.91 bits per heavy atom. The Balaban J connectivity index is 1.93. The van der Waals surface area contributed by atoms with Gasteiger partial charge < -0.3 is 5.11 Å². The molecule has 1 amide bonds. The maximum Gasteiger partial charge on any atom is 0.266 e. The van der Waals surface area contributed by atoms with Gasteiger partial charge in [-0.3, -0.25) is 9.69 Å².